The number of nitrogens with zero attached hydrogens (tertiary/aromatic N) is 3. The first-order valence-electron chi connectivity index (χ1n) is 5.94. The quantitative estimate of drug-likeness (QED) is 0.851. The van der Waals surface area contributed by atoms with Gasteiger partial charge in [0, 0.05) is 25.8 Å². The fraction of sp³-hybridized carbons (Fsp3) is 0.500. The maximum atomic E-state index is 9.65. The van der Waals surface area contributed by atoms with Crippen molar-refractivity contribution in [1.29, 1.82) is 0 Å². The minimum Gasteiger partial charge on any atom is -0.504 e. The highest BCUT2D eigenvalue weighted by Crippen LogP contribution is 2.21. The summed E-state index contributed by atoms with van der Waals surface area (Å²) in [6.45, 7) is 1.68. The summed E-state index contributed by atoms with van der Waals surface area (Å²) in [5.41, 5.74) is 0.537. The minimum absolute atomic E-state index is 0.179. The van der Waals surface area contributed by atoms with Gasteiger partial charge in [0.05, 0.1) is 0 Å². The smallest absolute Gasteiger partial charge is 0.203 e. The van der Waals surface area contributed by atoms with Crippen LogP contribution in [-0.4, -0.2) is 32.9 Å². The molecule has 0 aliphatic carbocycles. The highest BCUT2D eigenvalue weighted by atomic mass is 16.5. The minimum atomic E-state index is 0.179. The van der Waals surface area contributed by atoms with E-state index in [1.807, 2.05) is 10.6 Å². The Balaban J connectivity index is 1.87. The Kier molecular flexibility index (Phi) is 2.68. The maximum Gasteiger partial charge on any atom is 0.203 e. The number of ether oxygens (including phenoxy) is 1. The molecule has 3 heterocycles. The van der Waals surface area contributed by atoms with Crippen LogP contribution in [0.25, 0.3) is 5.65 Å². The Morgan fingerprint density at radius 3 is 3.00 bits per heavy atom. The zero-order valence-electron chi connectivity index (χ0n) is 9.54. The molecule has 0 bridgehead atoms. The third kappa shape index (κ3) is 1.98. The summed E-state index contributed by atoms with van der Waals surface area (Å²) in [7, 11) is 0. The molecular weight excluding hydrogens is 218 g/mol. The van der Waals surface area contributed by atoms with Gasteiger partial charge in [-0.15, -0.1) is 10.2 Å². The summed E-state index contributed by atoms with van der Waals surface area (Å²) in [6, 6.07) is 3.43. The molecule has 0 radical (unpaired) electrons. The van der Waals surface area contributed by atoms with Gasteiger partial charge in [-0.1, -0.05) is 0 Å². The lowest BCUT2D eigenvalue weighted by Gasteiger charge is -2.20. The van der Waals surface area contributed by atoms with Gasteiger partial charge < -0.3 is 9.84 Å². The molecule has 2 aromatic heterocycles. The summed E-state index contributed by atoms with van der Waals surface area (Å²) < 4.78 is 7.21. The second-order valence-electron chi connectivity index (χ2n) is 4.46. The molecule has 3 rings (SSSR count). The third-order valence-electron chi connectivity index (χ3n) is 3.30. The molecule has 1 saturated heterocycles. The Hall–Kier alpha value is -1.62. The maximum absolute atomic E-state index is 9.65. The van der Waals surface area contributed by atoms with Gasteiger partial charge in [-0.3, -0.25) is 4.40 Å². The van der Waals surface area contributed by atoms with Gasteiger partial charge in [0.25, 0.3) is 0 Å². The fourth-order valence-electron chi connectivity index (χ4n) is 2.30. The molecule has 0 atom stereocenters. The highest BCUT2D eigenvalue weighted by molar-refractivity contribution is 5.51. The molecule has 1 fully saturated rings. The number of pyridine rings is 1. The van der Waals surface area contributed by atoms with Crippen LogP contribution < -0.4 is 0 Å². The van der Waals surface area contributed by atoms with Gasteiger partial charge in [0.1, 0.15) is 5.82 Å². The van der Waals surface area contributed by atoms with E-state index in [0.717, 1.165) is 38.3 Å². The molecule has 90 valence electrons. The summed E-state index contributed by atoms with van der Waals surface area (Å²) in [5.74, 6) is 1.71. The van der Waals surface area contributed by atoms with E-state index in [4.69, 9.17) is 4.74 Å². The van der Waals surface area contributed by atoms with Crippen LogP contribution >= 0.6 is 0 Å². The number of hydrogen-bond donors (Lipinski definition) is 1. The molecule has 1 N–H and O–H groups in total. The lowest BCUT2D eigenvalue weighted by Crippen LogP contribution is -2.18. The molecule has 17 heavy (non-hydrogen) atoms. The average molecular weight is 233 g/mol. The first kappa shape index (κ1) is 10.5. The van der Waals surface area contributed by atoms with Crippen molar-refractivity contribution in [3.8, 4) is 5.75 Å². The van der Waals surface area contributed by atoms with Crippen molar-refractivity contribution in [1.82, 2.24) is 14.6 Å². The van der Waals surface area contributed by atoms with Crippen molar-refractivity contribution in [3.05, 3.63) is 24.2 Å². The van der Waals surface area contributed by atoms with Crippen LogP contribution in [0, 0.1) is 5.92 Å². The van der Waals surface area contributed by atoms with Crippen molar-refractivity contribution in [2.24, 2.45) is 5.92 Å². The summed E-state index contributed by atoms with van der Waals surface area (Å²) >= 11 is 0. The van der Waals surface area contributed by atoms with E-state index >= 15 is 0 Å². The Morgan fingerprint density at radius 2 is 2.18 bits per heavy atom. The monoisotopic (exact) mass is 233 g/mol. The summed E-state index contributed by atoms with van der Waals surface area (Å²) in [4.78, 5) is 0. The lowest BCUT2D eigenvalue weighted by atomic mass is 9.96. The van der Waals surface area contributed by atoms with Crippen LogP contribution in [0.2, 0.25) is 0 Å². The molecule has 1 aliphatic rings. The summed E-state index contributed by atoms with van der Waals surface area (Å²) in [5, 5.41) is 17.8. The van der Waals surface area contributed by atoms with E-state index in [-0.39, 0.29) is 5.75 Å². The number of aromatic nitrogens is 3. The second-order valence-corrected chi connectivity index (χ2v) is 4.46. The van der Waals surface area contributed by atoms with Gasteiger partial charge in [-0.25, -0.2) is 0 Å². The van der Waals surface area contributed by atoms with Gasteiger partial charge in [-0.05, 0) is 30.9 Å². The molecule has 0 unspecified atom stereocenters. The largest absolute Gasteiger partial charge is 0.504 e. The Bertz CT molecular complexity index is 517. The highest BCUT2D eigenvalue weighted by Gasteiger charge is 2.17. The van der Waals surface area contributed by atoms with Gasteiger partial charge in [-0.2, -0.15) is 0 Å². The number of fused-ring (bicyclic) bond motifs is 1. The second kappa shape index (κ2) is 4.33. The Labute approximate surface area is 99.0 Å². The van der Waals surface area contributed by atoms with Crippen LogP contribution in [0.1, 0.15) is 18.7 Å². The molecule has 0 aromatic carbocycles. The van der Waals surface area contributed by atoms with Gasteiger partial charge in [0.15, 0.2) is 5.75 Å². The number of rotatable bonds is 2. The van der Waals surface area contributed by atoms with E-state index < -0.39 is 0 Å². The SMILES string of the molecule is Oc1cccn2c(CC3CCOCC3)nnc12. The summed E-state index contributed by atoms with van der Waals surface area (Å²) in [6.07, 6.45) is 4.94. The zero-order valence-corrected chi connectivity index (χ0v) is 9.54. The first-order valence-corrected chi connectivity index (χ1v) is 5.94. The lowest BCUT2D eigenvalue weighted by molar-refractivity contribution is 0.0659. The van der Waals surface area contributed by atoms with Gasteiger partial charge in [0.2, 0.25) is 5.65 Å². The van der Waals surface area contributed by atoms with Crippen molar-refractivity contribution in [2.45, 2.75) is 19.3 Å². The van der Waals surface area contributed by atoms with Crippen LogP contribution in [0.15, 0.2) is 18.3 Å². The van der Waals surface area contributed by atoms with E-state index in [1.165, 1.54) is 0 Å². The first-order chi connectivity index (χ1) is 8.34. The van der Waals surface area contributed by atoms with Crippen molar-refractivity contribution < 1.29 is 9.84 Å². The van der Waals surface area contributed by atoms with Crippen molar-refractivity contribution in [2.75, 3.05) is 13.2 Å². The van der Waals surface area contributed by atoms with Crippen molar-refractivity contribution >= 4 is 5.65 Å². The van der Waals surface area contributed by atoms with Crippen LogP contribution in [0.5, 0.6) is 5.75 Å². The molecule has 5 heteroatoms. The molecule has 5 nitrogen and oxygen atoms in total. The molecular formula is C12H15N3O2. The van der Waals surface area contributed by atoms with E-state index in [0.29, 0.717) is 11.6 Å². The predicted molar refractivity (Wildman–Crippen MR) is 61.9 cm³/mol. The normalized spacial score (nSPS) is 17.6. The molecule has 0 spiro atoms. The average Bonchev–Trinajstić information content (AvgIpc) is 2.76. The number of hydrogen-bond acceptors (Lipinski definition) is 4. The zero-order chi connectivity index (χ0) is 11.7. The third-order valence-corrected chi connectivity index (χ3v) is 3.30. The predicted octanol–water partition coefficient (Wildman–Crippen LogP) is 1.40. The number of aromatic hydroxyl groups is 1. The van der Waals surface area contributed by atoms with Crippen LogP contribution in [0.4, 0.5) is 0 Å². The molecule has 0 saturated carbocycles. The molecule has 0 amide bonds. The van der Waals surface area contributed by atoms with Crippen molar-refractivity contribution in [3.63, 3.8) is 0 Å². The fourth-order valence-corrected chi connectivity index (χ4v) is 2.30. The van der Waals surface area contributed by atoms with Crippen LogP contribution in [0.3, 0.4) is 0 Å². The van der Waals surface area contributed by atoms with E-state index in [9.17, 15) is 5.11 Å². The Morgan fingerprint density at radius 1 is 1.35 bits per heavy atom. The van der Waals surface area contributed by atoms with E-state index in [1.54, 1.807) is 12.1 Å². The molecule has 1 aliphatic heterocycles. The van der Waals surface area contributed by atoms with Gasteiger partial charge >= 0.3 is 0 Å². The molecule has 2 aromatic rings. The van der Waals surface area contributed by atoms with E-state index in [2.05, 4.69) is 10.2 Å². The standard InChI is InChI=1S/C12H15N3O2/c16-10-2-1-5-15-11(13-14-12(10)15)8-9-3-6-17-7-4-9/h1-2,5,9,16H,3-4,6-8H2. The topological polar surface area (TPSA) is 59.7 Å². The van der Waals surface area contributed by atoms with Crippen LogP contribution in [-0.2, 0) is 11.2 Å².